The third-order valence-corrected chi connectivity index (χ3v) is 4.06. The number of benzene rings is 1. The molecule has 94 valence electrons. The summed E-state index contributed by atoms with van der Waals surface area (Å²) in [5, 5.41) is 10.5. The number of aryl methyl sites for hydroxylation is 3. The highest BCUT2D eigenvalue weighted by molar-refractivity contribution is 5.94. The van der Waals surface area contributed by atoms with Crippen LogP contribution in [0.2, 0.25) is 0 Å². The van der Waals surface area contributed by atoms with Crippen molar-refractivity contribution >= 4 is 16.9 Å². The van der Waals surface area contributed by atoms with Crippen LogP contribution in [-0.4, -0.2) is 16.1 Å². The van der Waals surface area contributed by atoms with Gasteiger partial charge in [0.25, 0.3) is 0 Å². The van der Waals surface area contributed by atoms with Crippen molar-refractivity contribution in [1.29, 1.82) is 0 Å². The number of aromatic amines is 1. The molecule has 3 heteroatoms. The fraction of sp³-hybridized carbons (Fsp3) is 0.400. The largest absolute Gasteiger partial charge is 0.481 e. The predicted molar refractivity (Wildman–Crippen MR) is 71.1 cm³/mol. The average Bonchev–Trinajstić information content (AvgIpc) is 2.74. The molecule has 0 aliphatic heterocycles. The van der Waals surface area contributed by atoms with Crippen molar-refractivity contribution in [3.63, 3.8) is 0 Å². The van der Waals surface area contributed by atoms with Crippen LogP contribution in [0, 0.1) is 13.8 Å². The number of fused-ring (bicyclic) bond motifs is 3. The molecule has 3 nitrogen and oxygen atoms in total. The average molecular weight is 243 g/mol. The van der Waals surface area contributed by atoms with E-state index in [2.05, 4.69) is 31.0 Å². The first-order valence-electron chi connectivity index (χ1n) is 6.43. The van der Waals surface area contributed by atoms with Crippen molar-refractivity contribution in [2.75, 3.05) is 0 Å². The molecule has 3 rings (SSSR count). The molecule has 1 atom stereocenters. The van der Waals surface area contributed by atoms with Crippen molar-refractivity contribution in [2.24, 2.45) is 0 Å². The number of rotatable bonds is 1. The van der Waals surface area contributed by atoms with Gasteiger partial charge in [0.15, 0.2) is 0 Å². The summed E-state index contributed by atoms with van der Waals surface area (Å²) in [5.41, 5.74) is 5.63. The first-order valence-corrected chi connectivity index (χ1v) is 6.43. The number of carbonyl (C=O) groups is 1. The van der Waals surface area contributed by atoms with E-state index >= 15 is 0 Å². The summed E-state index contributed by atoms with van der Waals surface area (Å²) in [4.78, 5) is 14.9. The number of nitrogens with one attached hydrogen (secondary N) is 1. The van der Waals surface area contributed by atoms with Crippen LogP contribution in [-0.2, 0) is 11.2 Å². The lowest BCUT2D eigenvalue weighted by molar-refractivity contribution is -0.139. The van der Waals surface area contributed by atoms with E-state index in [1.165, 1.54) is 11.1 Å². The highest BCUT2D eigenvalue weighted by Crippen LogP contribution is 2.39. The Kier molecular flexibility index (Phi) is 2.44. The lowest BCUT2D eigenvalue weighted by Crippen LogP contribution is -2.17. The Balaban J connectivity index is 2.37. The Morgan fingerprint density at radius 1 is 1.33 bits per heavy atom. The molecular formula is C15H17NO2. The number of aromatic nitrogens is 1. The molecule has 1 aromatic heterocycles. The van der Waals surface area contributed by atoms with Crippen LogP contribution in [0.25, 0.3) is 10.9 Å². The van der Waals surface area contributed by atoms with Crippen LogP contribution < -0.4 is 0 Å². The van der Waals surface area contributed by atoms with Crippen molar-refractivity contribution < 1.29 is 9.90 Å². The van der Waals surface area contributed by atoms with Gasteiger partial charge in [-0.15, -0.1) is 0 Å². The highest BCUT2D eigenvalue weighted by Gasteiger charge is 2.30. The van der Waals surface area contributed by atoms with Gasteiger partial charge in [-0.25, -0.2) is 0 Å². The zero-order valence-electron chi connectivity index (χ0n) is 10.7. The van der Waals surface area contributed by atoms with Crippen LogP contribution in [0.1, 0.15) is 41.1 Å². The zero-order valence-corrected chi connectivity index (χ0v) is 10.7. The molecule has 0 amide bonds. The predicted octanol–water partition coefficient (Wildman–Crippen LogP) is 3.29. The number of hydrogen-bond donors (Lipinski definition) is 2. The van der Waals surface area contributed by atoms with Crippen molar-refractivity contribution in [1.82, 2.24) is 4.98 Å². The van der Waals surface area contributed by atoms with Gasteiger partial charge in [0.1, 0.15) is 0 Å². The molecule has 1 unspecified atom stereocenters. The molecule has 0 saturated carbocycles. The molecule has 18 heavy (non-hydrogen) atoms. The van der Waals surface area contributed by atoms with Gasteiger partial charge >= 0.3 is 5.97 Å². The molecule has 0 saturated heterocycles. The smallest absolute Gasteiger partial charge is 0.311 e. The van der Waals surface area contributed by atoms with E-state index in [4.69, 9.17) is 0 Å². The molecule has 0 spiro atoms. The molecule has 1 aliphatic rings. The van der Waals surface area contributed by atoms with Gasteiger partial charge in [-0.1, -0.05) is 12.1 Å². The summed E-state index contributed by atoms with van der Waals surface area (Å²) >= 11 is 0. The van der Waals surface area contributed by atoms with Crippen LogP contribution in [0.3, 0.4) is 0 Å². The second kappa shape index (κ2) is 3.87. The molecule has 1 aliphatic carbocycles. The van der Waals surface area contributed by atoms with E-state index in [1.807, 2.05) is 0 Å². The second-order valence-corrected chi connectivity index (χ2v) is 5.25. The number of carboxylic acid groups (broad SMARTS) is 1. The third kappa shape index (κ3) is 1.47. The normalized spacial score (nSPS) is 18.9. The standard InChI is InChI=1S/C15H17NO2/c1-8-6-7-9(2)14-12(8)13-10(15(17)18)4-3-5-11(13)16-14/h6-7,10,16H,3-5H2,1-2H3,(H,17,18). The third-order valence-electron chi connectivity index (χ3n) is 4.06. The first kappa shape index (κ1) is 11.3. The van der Waals surface area contributed by atoms with E-state index in [9.17, 15) is 9.90 Å². The summed E-state index contributed by atoms with van der Waals surface area (Å²) in [6.07, 6.45) is 2.67. The first-order chi connectivity index (χ1) is 8.59. The maximum atomic E-state index is 11.4. The SMILES string of the molecule is Cc1ccc(C)c2c3c([nH]c12)CCCC3C(=O)O. The molecule has 1 aromatic carbocycles. The highest BCUT2D eigenvalue weighted by atomic mass is 16.4. The van der Waals surface area contributed by atoms with Gasteiger partial charge in [0.05, 0.1) is 5.92 Å². The Bertz CT molecular complexity index is 639. The molecule has 2 N–H and O–H groups in total. The Morgan fingerprint density at radius 3 is 2.78 bits per heavy atom. The van der Waals surface area contributed by atoms with E-state index in [0.717, 1.165) is 41.4 Å². The van der Waals surface area contributed by atoms with E-state index in [-0.39, 0.29) is 5.92 Å². The monoisotopic (exact) mass is 243 g/mol. The molecule has 0 fully saturated rings. The Morgan fingerprint density at radius 2 is 2.06 bits per heavy atom. The summed E-state index contributed by atoms with van der Waals surface area (Å²) < 4.78 is 0. The lowest BCUT2D eigenvalue weighted by Gasteiger charge is -2.19. The summed E-state index contributed by atoms with van der Waals surface area (Å²) in [6.45, 7) is 4.13. The zero-order chi connectivity index (χ0) is 12.9. The maximum Gasteiger partial charge on any atom is 0.311 e. The Labute approximate surface area is 106 Å². The minimum Gasteiger partial charge on any atom is -0.481 e. The lowest BCUT2D eigenvalue weighted by atomic mass is 9.84. The Hall–Kier alpha value is -1.77. The number of carboxylic acids is 1. The quantitative estimate of drug-likeness (QED) is 0.807. The van der Waals surface area contributed by atoms with Crippen LogP contribution in [0.5, 0.6) is 0 Å². The number of H-pyrrole nitrogens is 1. The summed E-state index contributed by atoms with van der Waals surface area (Å²) in [6, 6.07) is 4.18. The van der Waals surface area contributed by atoms with Crippen molar-refractivity contribution in [2.45, 2.75) is 39.0 Å². The fourth-order valence-corrected chi connectivity index (χ4v) is 3.14. The fourth-order valence-electron chi connectivity index (χ4n) is 3.14. The minimum absolute atomic E-state index is 0.344. The van der Waals surface area contributed by atoms with Gasteiger partial charge in [-0.3, -0.25) is 4.79 Å². The second-order valence-electron chi connectivity index (χ2n) is 5.25. The van der Waals surface area contributed by atoms with E-state index in [1.54, 1.807) is 0 Å². The topological polar surface area (TPSA) is 53.1 Å². The molecule has 2 aromatic rings. The minimum atomic E-state index is -0.697. The van der Waals surface area contributed by atoms with Crippen LogP contribution in [0.4, 0.5) is 0 Å². The van der Waals surface area contributed by atoms with Crippen molar-refractivity contribution in [3.05, 3.63) is 34.5 Å². The molecule has 0 bridgehead atoms. The summed E-state index contributed by atoms with van der Waals surface area (Å²) in [5.74, 6) is -1.04. The van der Waals surface area contributed by atoms with E-state index in [0.29, 0.717) is 0 Å². The number of aliphatic carboxylic acids is 1. The van der Waals surface area contributed by atoms with Crippen molar-refractivity contribution in [3.8, 4) is 0 Å². The molecule has 1 heterocycles. The number of hydrogen-bond acceptors (Lipinski definition) is 1. The van der Waals surface area contributed by atoms with Crippen LogP contribution >= 0.6 is 0 Å². The molecular weight excluding hydrogens is 226 g/mol. The van der Waals surface area contributed by atoms with Gasteiger partial charge in [0, 0.05) is 16.6 Å². The van der Waals surface area contributed by atoms with Gasteiger partial charge in [-0.05, 0) is 49.8 Å². The van der Waals surface area contributed by atoms with Crippen LogP contribution in [0.15, 0.2) is 12.1 Å². The van der Waals surface area contributed by atoms with Gasteiger partial charge in [-0.2, -0.15) is 0 Å². The van der Waals surface area contributed by atoms with E-state index < -0.39 is 5.97 Å². The van der Waals surface area contributed by atoms with Gasteiger partial charge in [0.2, 0.25) is 0 Å². The van der Waals surface area contributed by atoms with Gasteiger partial charge < -0.3 is 10.1 Å². The summed E-state index contributed by atoms with van der Waals surface area (Å²) in [7, 11) is 0. The molecule has 0 radical (unpaired) electrons. The maximum absolute atomic E-state index is 11.4.